The lowest BCUT2D eigenvalue weighted by Gasteiger charge is -2.23. The number of aryl methyl sites for hydroxylation is 1. The van der Waals surface area contributed by atoms with Crippen molar-refractivity contribution in [2.24, 2.45) is 0 Å². The predicted octanol–water partition coefficient (Wildman–Crippen LogP) is 4.58. The highest BCUT2D eigenvalue weighted by Crippen LogP contribution is 2.32. The van der Waals surface area contributed by atoms with Crippen LogP contribution in [0.1, 0.15) is 39.5 Å². The Bertz CT molecular complexity index is 952. The Kier molecular flexibility index (Phi) is 4.21. The number of anilines is 2. The summed E-state index contributed by atoms with van der Waals surface area (Å²) in [6, 6.07) is 14.3. The van der Waals surface area contributed by atoms with Crippen LogP contribution in [0, 0.1) is 12.7 Å². The summed E-state index contributed by atoms with van der Waals surface area (Å²) >= 11 is 0. The topological polar surface area (TPSA) is 54.9 Å². The SMILES string of the molecule is Cc1ccc(Nc2ncc3c(n2)C[C@H](c2ccc(F)cc2)CC3=O)cc1. The molecule has 0 amide bonds. The monoisotopic (exact) mass is 347 g/mol. The van der Waals surface area contributed by atoms with Gasteiger partial charge >= 0.3 is 0 Å². The van der Waals surface area contributed by atoms with Gasteiger partial charge in [-0.05, 0) is 49.1 Å². The zero-order valence-corrected chi connectivity index (χ0v) is 14.4. The molecule has 1 aromatic heterocycles. The molecule has 1 N–H and O–H groups in total. The molecule has 4 nitrogen and oxygen atoms in total. The second-order valence-corrected chi connectivity index (χ2v) is 6.62. The van der Waals surface area contributed by atoms with Crippen LogP contribution in [0.3, 0.4) is 0 Å². The molecule has 1 atom stereocenters. The second kappa shape index (κ2) is 6.67. The van der Waals surface area contributed by atoms with E-state index in [0.29, 0.717) is 24.4 Å². The first-order chi connectivity index (χ1) is 12.6. The number of rotatable bonds is 3. The summed E-state index contributed by atoms with van der Waals surface area (Å²) in [5.41, 5.74) is 4.34. The number of nitrogens with zero attached hydrogens (tertiary/aromatic N) is 2. The smallest absolute Gasteiger partial charge is 0.227 e. The number of fused-ring (bicyclic) bond motifs is 1. The molecule has 0 bridgehead atoms. The van der Waals surface area contributed by atoms with Gasteiger partial charge in [-0.15, -0.1) is 0 Å². The van der Waals surface area contributed by atoms with E-state index in [-0.39, 0.29) is 17.5 Å². The number of ketones is 1. The molecule has 130 valence electrons. The fourth-order valence-corrected chi connectivity index (χ4v) is 3.24. The normalized spacial score (nSPS) is 16.2. The van der Waals surface area contributed by atoms with Gasteiger partial charge in [0.05, 0.1) is 11.3 Å². The zero-order chi connectivity index (χ0) is 18.1. The van der Waals surface area contributed by atoms with Gasteiger partial charge < -0.3 is 5.32 Å². The van der Waals surface area contributed by atoms with E-state index in [9.17, 15) is 9.18 Å². The summed E-state index contributed by atoms with van der Waals surface area (Å²) < 4.78 is 13.2. The minimum absolute atomic E-state index is 0.0118. The number of halogens is 1. The fourth-order valence-electron chi connectivity index (χ4n) is 3.24. The summed E-state index contributed by atoms with van der Waals surface area (Å²) in [6.07, 6.45) is 2.63. The van der Waals surface area contributed by atoms with Gasteiger partial charge in [-0.1, -0.05) is 29.8 Å². The summed E-state index contributed by atoms with van der Waals surface area (Å²) in [7, 11) is 0. The largest absolute Gasteiger partial charge is 0.324 e. The third-order valence-electron chi connectivity index (χ3n) is 4.69. The molecule has 0 radical (unpaired) electrons. The predicted molar refractivity (Wildman–Crippen MR) is 98.3 cm³/mol. The lowest BCUT2D eigenvalue weighted by molar-refractivity contribution is 0.0962. The maximum absolute atomic E-state index is 13.2. The molecule has 1 aliphatic carbocycles. The van der Waals surface area contributed by atoms with Crippen molar-refractivity contribution in [3.8, 4) is 0 Å². The molecule has 0 fully saturated rings. The lowest BCUT2D eigenvalue weighted by Crippen LogP contribution is -2.21. The van der Waals surface area contributed by atoms with Gasteiger partial charge in [0.2, 0.25) is 5.95 Å². The molecule has 0 unspecified atom stereocenters. The van der Waals surface area contributed by atoms with Gasteiger partial charge in [-0.3, -0.25) is 4.79 Å². The van der Waals surface area contributed by atoms with E-state index in [1.54, 1.807) is 18.3 Å². The van der Waals surface area contributed by atoms with Crippen molar-refractivity contribution in [3.05, 3.63) is 82.9 Å². The fraction of sp³-hybridized carbons (Fsp3) is 0.190. The Labute approximate surface area is 151 Å². The molecular formula is C21H18FN3O. The Morgan fingerprint density at radius 1 is 1.04 bits per heavy atom. The van der Waals surface area contributed by atoms with E-state index in [1.165, 1.54) is 17.7 Å². The van der Waals surface area contributed by atoms with Crippen molar-refractivity contribution in [3.63, 3.8) is 0 Å². The molecule has 5 heteroatoms. The van der Waals surface area contributed by atoms with Crippen molar-refractivity contribution in [1.82, 2.24) is 9.97 Å². The Morgan fingerprint density at radius 3 is 2.50 bits per heavy atom. The van der Waals surface area contributed by atoms with E-state index in [4.69, 9.17) is 0 Å². The molecule has 1 aliphatic rings. The lowest BCUT2D eigenvalue weighted by atomic mass is 9.82. The standard InChI is InChI=1S/C21H18FN3O/c1-13-2-8-17(9-3-13)24-21-23-12-18-19(25-21)10-15(11-20(18)26)14-4-6-16(22)7-5-14/h2-9,12,15H,10-11H2,1H3,(H,23,24,25)/t15-/m0/s1. The van der Waals surface area contributed by atoms with Crippen molar-refractivity contribution >= 4 is 17.4 Å². The van der Waals surface area contributed by atoms with Gasteiger partial charge in [0.1, 0.15) is 5.82 Å². The van der Waals surface area contributed by atoms with Crippen LogP contribution in [0.4, 0.5) is 16.0 Å². The first-order valence-corrected chi connectivity index (χ1v) is 8.57. The highest BCUT2D eigenvalue weighted by molar-refractivity contribution is 5.98. The second-order valence-electron chi connectivity index (χ2n) is 6.62. The molecule has 0 aliphatic heterocycles. The maximum Gasteiger partial charge on any atom is 0.227 e. The first-order valence-electron chi connectivity index (χ1n) is 8.57. The number of carbonyl (C=O) groups is 1. The average molecular weight is 347 g/mol. The number of benzene rings is 2. The molecule has 0 saturated heterocycles. The van der Waals surface area contributed by atoms with Gasteiger partial charge in [0.25, 0.3) is 0 Å². The molecule has 2 aromatic carbocycles. The van der Waals surface area contributed by atoms with Gasteiger partial charge in [-0.25, -0.2) is 14.4 Å². The van der Waals surface area contributed by atoms with Gasteiger partial charge in [0.15, 0.2) is 5.78 Å². The summed E-state index contributed by atoms with van der Waals surface area (Å²) in [6.45, 7) is 2.03. The number of Topliss-reactive ketones (excluding diaryl/α,β-unsaturated/α-hetero) is 1. The van der Waals surface area contributed by atoms with Crippen LogP contribution in [0.15, 0.2) is 54.7 Å². The zero-order valence-electron chi connectivity index (χ0n) is 14.4. The molecule has 0 spiro atoms. The highest BCUT2D eigenvalue weighted by Gasteiger charge is 2.28. The van der Waals surface area contributed by atoms with Crippen LogP contribution in [-0.2, 0) is 6.42 Å². The van der Waals surface area contributed by atoms with Crippen LogP contribution in [-0.4, -0.2) is 15.8 Å². The minimum atomic E-state index is -0.275. The third-order valence-corrected chi connectivity index (χ3v) is 4.69. The van der Waals surface area contributed by atoms with E-state index < -0.39 is 0 Å². The summed E-state index contributed by atoms with van der Waals surface area (Å²) in [4.78, 5) is 21.3. The quantitative estimate of drug-likeness (QED) is 0.753. The maximum atomic E-state index is 13.2. The van der Waals surface area contributed by atoms with Crippen LogP contribution in [0.25, 0.3) is 0 Å². The highest BCUT2D eigenvalue weighted by atomic mass is 19.1. The first kappa shape index (κ1) is 16.4. The number of carbonyl (C=O) groups excluding carboxylic acids is 1. The van der Waals surface area contributed by atoms with Crippen LogP contribution < -0.4 is 5.32 Å². The van der Waals surface area contributed by atoms with Crippen LogP contribution in [0.2, 0.25) is 0 Å². The number of hydrogen-bond donors (Lipinski definition) is 1. The van der Waals surface area contributed by atoms with Crippen molar-refractivity contribution in [2.75, 3.05) is 5.32 Å². The molecule has 1 heterocycles. The van der Waals surface area contributed by atoms with Gasteiger partial charge in [0, 0.05) is 18.3 Å². The Morgan fingerprint density at radius 2 is 1.77 bits per heavy atom. The molecule has 26 heavy (non-hydrogen) atoms. The third kappa shape index (κ3) is 3.33. The van der Waals surface area contributed by atoms with E-state index in [2.05, 4.69) is 15.3 Å². The number of aromatic nitrogens is 2. The molecule has 0 saturated carbocycles. The number of nitrogens with one attached hydrogen (secondary N) is 1. The molecular weight excluding hydrogens is 329 g/mol. The minimum Gasteiger partial charge on any atom is -0.324 e. The van der Waals surface area contributed by atoms with Gasteiger partial charge in [-0.2, -0.15) is 0 Å². The van der Waals surface area contributed by atoms with Crippen LogP contribution >= 0.6 is 0 Å². The Hall–Kier alpha value is -3.08. The van der Waals surface area contributed by atoms with E-state index >= 15 is 0 Å². The Balaban J connectivity index is 1.60. The van der Waals surface area contributed by atoms with Crippen molar-refractivity contribution in [1.29, 1.82) is 0 Å². The van der Waals surface area contributed by atoms with Crippen molar-refractivity contribution < 1.29 is 9.18 Å². The van der Waals surface area contributed by atoms with E-state index in [0.717, 1.165) is 16.9 Å². The number of hydrogen-bond acceptors (Lipinski definition) is 4. The average Bonchev–Trinajstić information content (AvgIpc) is 2.64. The molecule has 3 aromatic rings. The van der Waals surface area contributed by atoms with E-state index in [1.807, 2.05) is 31.2 Å². The van der Waals surface area contributed by atoms with Crippen LogP contribution in [0.5, 0.6) is 0 Å². The summed E-state index contributed by atoms with van der Waals surface area (Å²) in [5, 5.41) is 3.18. The van der Waals surface area contributed by atoms with Crippen molar-refractivity contribution in [2.45, 2.75) is 25.7 Å². The molecule has 4 rings (SSSR count). The summed E-state index contributed by atoms with van der Waals surface area (Å²) in [5.74, 6) is 0.239.